The van der Waals surface area contributed by atoms with E-state index in [9.17, 15) is 4.79 Å². The van der Waals surface area contributed by atoms with Crippen LogP contribution in [0.3, 0.4) is 0 Å². The van der Waals surface area contributed by atoms with Gasteiger partial charge in [-0.15, -0.1) is 0 Å². The molecule has 0 spiro atoms. The lowest BCUT2D eigenvalue weighted by Crippen LogP contribution is -2.18. The van der Waals surface area contributed by atoms with Crippen molar-refractivity contribution in [3.8, 4) is 17.2 Å². The zero-order chi connectivity index (χ0) is 15.8. The van der Waals surface area contributed by atoms with E-state index in [1.165, 1.54) is 0 Å². The number of amides is 1. The first-order valence-corrected chi connectivity index (χ1v) is 7.76. The first-order valence-electron chi connectivity index (χ1n) is 7.76. The number of fused-ring (bicyclic) bond motifs is 2. The van der Waals surface area contributed by atoms with Crippen LogP contribution in [0.4, 0.5) is 5.69 Å². The summed E-state index contributed by atoms with van der Waals surface area (Å²) in [7, 11) is 0. The van der Waals surface area contributed by atoms with E-state index in [0.717, 1.165) is 29.0 Å². The molecule has 0 bridgehead atoms. The molecule has 2 heterocycles. The highest BCUT2D eigenvalue weighted by Gasteiger charge is 2.30. The quantitative estimate of drug-likeness (QED) is 0.943. The summed E-state index contributed by atoms with van der Waals surface area (Å²) in [4.78, 5) is 11.5. The number of carbonyl (C=O) groups excluding carboxylic acids is 1. The highest BCUT2D eigenvalue weighted by Crippen LogP contribution is 2.45. The van der Waals surface area contributed by atoms with E-state index in [2.05, 4.69) is 5.32 Å². The number of rotatable bonds is 3. The lowest BCUT2D eigenvalue weighted by atomic mass is 10.0. The molecule has 1 unspecified atom stereocenters. The van der Waals surface area contributed by atoms with Crippen molar-refractivity contribution in [1.82, 2.24) is 0 Å². The molecular weight excluding hydrogens is 294 g/mol. The average Bonchev–Trinajstić information content (AvgIpc) is 2.96. The smallest absolute Gasteiger partial charge is 0.271 e. The van der Waals surface area contributed by atoms with Crippen LogP contribution in [0.15, 0.2) is 36.4 Å². The maximum absolute atomic E-state index is 11.5. The highest BCUT2D eigenvalue weighted by molar-refractivity contribution is 5.94. The molecule has 4 rings (SSSR count). The van der Waals surface area contributed by atoms with Gasteiger partial charge in [-0.05, 0) is 37.1 Å². The lowest BCUT2D eigenvalue weighted by molar-refractivity contribution is -0.116. The molecule has 1 N–H and O–H groups in total. The maximum atomic E-state index is 11.5. The fourth-order valence-electron chi connectivity index (χ4n) is 2.91. The number of aryl methyl sites for hydroxylation is 1. The van der Waals surface area contributed by atoms with Crippen LogP contribution in [0.1, 0.15) is 30.8 Å². The summed E-state index contributed by atoms with van der Waals surface area (Å²) in [6.07, 6.45) is 0.689. The number of anilines is 1. The van der Waals surface area contributed by atoms with E-state index in [0.29, 0.717) is 24.5 Å². The molecule has 23 heavy (non-hydrogen) atoms. The van der Waals surface area contributed by atoms with Crippen molar-refractivity contribution in [2.45, 2.75) is 26.1 Å². The second kappa shape index (κ2) is 5.50. The molecule has 5 heteroatoms. The Bertz CT molecular complexity index is 772. The topological polar surface area (TPSA) is 56.8 Å². The van der Waals surface area contributed by atoms with Gasteiger partial charge in [0.2, 0.25) is 5.91 Å². The second-order valence-electron chi connectivity index (χ2n) is 5.54. The number of carbonyl (C=O) groups is 1. The summed E-state index contributed by atoms with van der Waals surface area (Å²) < 4.78 is 17.5. The van der Waals surface area contributed by atoms with E-state index in [1.54, 1.807) is 0 Å². The lowest BCUT2D eigenvalue weighted by Gasteiger charge is -2.16. The minimum atomic E-state index is -0.535. The molecule has 0 aliphatic carbocycles. The Hall–Kier alpha value is -2.69. The molecule has 0 saturated heterocycles. The van der Waals surface area contributed by atoms with Gasteiger partial charge < -0.3 is 19.5 Å². The molecular formula is C18H17NO4. The van der Waals surface area contributed by atoms with Gasteiger partial charge >= 0.3 is 0 Å². The number of hydrogen-bond acceptors (Lipinski definition) is 4. The molecule has 1 atom stereocenters. The summed E-state index contributed by atoms with van der Waals surface area (Å²) in [5.41, 5.74) is 2.74. The van der Waals surface area contributed by atoms with Crippen LogP contribution < -0.4 is 19.5 Å². The first kappa shape index (κ1) is 13.9. The standard InChI is InChI=1S/C18H17NO4/c1-2-21-14-6-4-3-5-12(14)18-22-15-9-11-7-8-17(20)19-13(11)10-16(15)23-18/h3-6,9-10,18H,2,7-8H2,1H3,(H,19,20). The van der Waals surface area contributed by atoms with E-state index < -0.39 is 6.29 Å². The first-order chi connectivity index (χ1) is 11.2. The van der Waals surface area contributed by atoms with Crippen LogP contribution in [0, 0.1) is 0 Å². The molecule has 0 aromatic heterocycles. The Balaban J connectivity index is 1.65. The van der Waals surface area contributed by atoms with Gasteiger partial charge in [0.15, 0.2) is 11.5 Å². The van der Waals surface area contributed by atoms with Crippen molar-refractivity contribution in [2.75, 3.05) is 11.9 Å². The van der Waals surface area contributed by atoms with Crippen LogP contribution in [0.5, 0.6) is 17.2 Å². The third-order valence-electron chi connectivity index (χ3n) is 4.01. The van der Waals surface area contributed by atoms with Crippen LogP contribution in [0.25, 0.3) is 0 Å². The molecule has 0 saturated carbocycles. The van der Waals surface area contributed by atoms with Gasteiger partial charge in [-0.1, -0.05) is 12.1 Å². The van der Waals surface area contributed by atoms with Crippen LogP contribution >= 0.6 is 0 Å². The Morgan fingerprint density at radius 1 is 1.17 bits per heavy atom. The minimum absolute atomic E-state index is 0.0367. The third kappa shape index (κ3) is 2.48. The average molecular weight is 311 g/mol. The SMILES string of the molecule is CCOc1ccccc1C1Oc2cc3c(cc2O1)NC(=O)CC3. The second-order valence-corrected chi connectivity index (χ2v) is 5.54. The fourth-order valence-corrected chi connectivity index (χ4v) is 2.91. The van der Waals surface area contributed by atoms with Gasteiger partial charge in [-0.25, -0.2) is 0 Å². The summed E-state index contributed by atoms with van der Waals surface area (Å²) in [5, 5.41) is 2.88. The minimum Gasteiger partial charge on any atom is -0.493 e. The number of benzene rings is 2. The van der Waals surface area contributed by atoms with Gasteiger partial charge in [-0.3, -0.25) is 4.79 Å². The van der Waals surface area contributed by atoms with Crippen molar-refractivity contribution in [3.05, 3.63) is 47.5 Å². The normalized spacial score (nSPS) is 18.3. The zero-order valence-electron chi connectivity index (χ0n) is 12.8. The summed E-state index contributed by atoms with van der Waals surface area (Å²) >= 11 is 0. The molecule has 2 aliphatic rings. The Morgan fingerprint density at radius 3 is 2.78 bits per heavy atom. The van der Waals surface area contributed by atoms with Crippen LogP contribution in [-0.4, -0.2) is 12.5 Å². The number of para-hydroxylation sites is 1. The number of hydrogen-bond donors (Lipinski definition) is 1. The summed E-state index contributed by atoms with van der Waals surface area (Å²) in [6.45, 7) is 2.52. The molecule has 2 aliphatic heterocycles. The molecule has 0 radical (unpaired) electrons. The predicted molar refractivity (Wildman–Crippen MR) is 85.0 cm³/mol. The van der Waals surface area contributed by atoms with Gasteiger partial charge in [0.25, 0.3) is 6.29 Å². The molecule has 2 aromatic carbocycles. The molecule has 118 valence electrons. The molecule has 2 aromatic rings. The Morgan fingerprint density at radius 2 is 1.96 bits per heavy atom. The van der Waals surface area contributed by atoms with E-state index >= 15 is 0 Å². The summed E-state index contributed by atoms with van der Waals surface area (Å²) in [5.74, 6) is 2.14. The van der Waals surface area contributed by atoms with Crippen LogP contribution in [0.2, 0.25) is 0 Å². The van der Waals surface area contributed by atoms with Crippen molar-refractivity contribution >= 4 is 11.6 Å². The largest absolute Gasteiger partial charge is 0.493 e. The van der Waals surface area contributed by atoms with Gasteiger partial charge in [0, 0.05) is 18.2 Å². The zero-order valence-corrected chi connectivity index (χ0v) is 12.8. The Kier molecular flexibility index (Phi) is 3.33. The van der Waals surface area contributed by atoms with Gasteiger partial charge in [0.05, 0.1) is 12.2 Å². The van der Waals surface area contributed by atoms with E-state index in [4.69, 9.17) is 14.2 Å². The van der Waals surface area contributed by atoms with Gasteiger partial charge in [-0.2, -0.15) is 0 Å². The maximum Gasteiger partial charge on any atom is 0.271 e. The monoisotopic (exact) mass is 311 g/mol. The van der Waals surface area contributed by atoms with Crippen molar-refractivity contribution in [2.24, 2.45) is 0 Å². The predicted octanol–water partition coefficient (Wildman–Crippen LogP) is 3.44. The van der Waals surface area contributed by atoms with E-state index in [-0.39, 0.29) is 5.91 Å². The van der Waals surface area contributed by atoms with Crippen molar-refractivity contribution in [3.63, 3.8) is 0 Å². The molecule has 0 fully saturated rings. The number of ether oxygens (including phenoxy) is 3. The van der Waals surface area contributed by atoms with Crippen molar-refractivity contribution < 1.29 is 19.0 Å². The van der Waals surface area contributed by atoms with Crippen LogP contribution in [-0.2, 0) is 11.2 Å². The molecule has 5 nitrogen and oxygen atoms in total. The third-order valence-corrected chi connectivity index (χ3v) is 4.01. The van der Waals surface area contributed by atoms with Gasteiger partial charge in [0.1, 0.15) is 5.75 Å². The highest BCUT2D eigenvalue weighted by atomic mass is 16.7. The fraction of sp³-hybridized carbons (Fsp3) is 0.278. The Labute approximate surface area is 134 Å². The van der Waals surface area contributed by atoms with E-state index in [1.807, 2.05) is 43.3 Å². The number of nitrogens with one attached hydrogen (secondary N) is 1. The molecule has 1 amide bonds. The summed E-state index contributed by atoms with van der Waals surface area (Å²) in [6, 6.07) is 11.5. The van der Waals surface area contributed by atoms with Crippen molar-refractivity contribution in [1.29, 1.82) is 0 Å².